The number of hydrogen-bond donors (Lipinski definition) is 1. The van der Waals surface area contributed by atoms with E-state index in [0.717, 1.165) is 5.82 Å². The van der Waals surface area contributed by atoms with Gasteiger partial charge in [0, 0.05) is 0 Å². The van der Waals surface area contributed by atoms with Crippen molar-refractivity contribution < 1.29 is 0 Å². The molecule has 3 rings (SSSR count). The third-order valence-electron chi connectivity index (χ3n) is 3.95. The van der Waals surface area contributed by atoms with Crippen molar-refractivity contribution in [1.82, 2.24) is 20.6 Å². The van der Waals surface area contributed by atoms with E-state index in [0.29, 0.717) is 11.8 Å². The number of nitrogens with zero attached hydrogens (tertiary/aromatic N) is 3. The van der Waals surface area contributed by atoms with E-state index in [-0.39, 0.29) is 0 Å². The van der Waals surface area contributed by atoms with Crippen LogP contribution in [0.2, 0.25) is 0 Å². The first kappa shape index (κ1) is 11.4. The van der Waals surface area contributed by atoms with Gasteiger partial charge in [0.25, 0.3) is 0 Å². The molecular formula is C14H18N4. The van der Waals surface area contributed by atoms with E-state index in [2.05, 4.69) is 51.8 Å². The molecule has 18 heavy (non-hydrogen) atoms. The first-order valence-corrected chi connectivity index (χ1v) is 6.64. The highest BCUT2D eigenvalue weighted by Gasteiger charge is 2.30. The molecule has 1 aliphatic rings. The van der Waals surface area contributed by atoms with Gasteiger partial charge < -0.3 is 0 Å². The minimum atomic E-state index is 0.298. The van der Waals surface area contributed by atoms with Gasteiger partial charge in [0.2, 0.25) is 0 Å². The van der Waals surface area contributed by atoms with Crippen LogP contribution in [-0.4, -0.2) is 20.6 Å². The minimum absolute atomic E-state index is 0.298. The third-order valence-corrected chi connectivity index (χ3v) is 3.95. The Morgan fingerprint density at radius 2 is 1.89 bits per heavy atom. The van der Waals surface area contributed by atoms with E-state index in [9.17, 15) is 0 Å². The summed E-state index contributed by atoms with van der Waals surface area (Å²) in [5, 5.41) is 14.7. The van der Waals surface area contributed by atoms with Crippen molar-refractivity contribution >= 4 is 0 Å². The standard InChI is InChI=1S/C14H18N4/c1-10-6-8-12(9-7-10)13(11-4-2-3-5-11)14-15-17-18-16-14/h6-9,11,13H,2-5H2,1H3,(H,15,16,17,18). The van der Waals surface area contributed by atoms with Gasteiger partial charge in [0.1, 0.15) is 0 Å². The van der Waals surface area contributed by atoms with E-state index in [1.165, 1.54) is 36.8 Å². The fourth-order valence-electron chi connectivity index (χ4n) is 3.00. The SMILES string of the molecule is Cc1ccc(C(c2nn[nH]n2)C2CCCC2)cc1. The van der Waals surface area contributed by atoms with Crippen LogP contribution in [0.5, 0.6) is 0 Å². The van der Waals surface area contributed by atoms with Crippen LogP contribution < -0.4 is 0 Å². The topological polar surface area (TPSA) is 54.5 Å². The number of aromatic amines is 1. The number of tetrazole rings is 1. The van der Waals surface area contributed by atoms with Gasteiger partial charge in [-0.1, -0.05) is 47.9 Å². The molecule has 0 bridgehead atoms. The summed E-state index contributed by atoms with van der Waals surface area (Å²) < 4.78 is 0. The Morgan fingerprint density at radius 1 is 1.17 bits per heavy atom. The molecule has 1 fully saturated rings. The van der Waals surface area contributed by atoms with Crippen LogP contribution in [0.1, 0.15) is 48.6 Å². The van der Waals surface area contributed by atoms with Gasteiger partial charge >= 0.3 is 0 Å². The molecule has 0 radical (unpaired) electrons. The Hall–Kier alpha value is -1.71. The number of benzene rings is 1. The number of H-pyrrole nitrogens is 1. The fraction of sp³-hybridized carbons (Fsp3) is 0.500. The molecule has 1 atom stereocenters. The summed E-state index contributed by atoms with van der Waals surface area (Å²) in [6, 6.07) is 8.73. The normalized spacial score (nSPS) is 18.1. The smallest absolute Gasteiger partial charge is 0.177 e. The first-order chi connectivity index (χ1) is 8.84. The molecule has 1 saturated carbocycles. The van der Waals surface area contributed by atoms with Crippen LogP contribution >= 0.6 is 0 Å². The lowest BCUT2D eigenvalue weighted by Crippen LogP contribution is -2.13. The van der Waals surface area contributed by atoms with Crippen molar-refractivity contribution in [3.63, 3.8) is 0 Å². The molecule has 0 amide bonds. The quantitative estimate of drug-likeness (QED) is 0.900. The number of hydrogen-bond acceptors (Lipinski definition) is 3. The number of rotatable bonds is 3. The molecule has 1 aromatic carbocycles. The summed E-state index contributed by atoms with van der Waals surface area (Å²) in [7, 11) is 0. The predicted molar refractivity (Wildman–Crippen MR) is 69.2 cm³/mol. The van der Waals surface area contributed by atoms with E-state index < -0.39 is 0 Å². The van der Waals surface area contributed by atoms with Crippen molar-refractivity contribution in [2.45, 2.75) is 38.5 Å². The van der Waals surface area contributed by atoms with Crippen LogP contribution in [0.15, 0.2) is 24.3 Å². The third kappa shape index (κ3) is 2.15. The Labute approximate surface area is 107 Å². The molecule has 2 aromatic rings. The maximum absolute atomic E-state index is 4.21. The number of nitrogens with one attached hydrogen (secondary N) is 1. The molecule has 0 aliphatic heterocycles. The van der Waals surface area contributed by atoms with Crippen molar-refractivity contribution in [2.75, 3.05) is 0 Å². The molecule has 1 aliphatic carbocycles. The summed E-state index contributed by atoms with van der Waals surface area (Å²) in [5.41, 5.74) is 2.60. The molecule has 1 heterocycles. The lowest BCUT2D eigenvalue weighted by atomic mass is 9.84. The van der Waals surface area contributed by atoms with Gasteiger partial charge in [-0.25, -0.2) is 0 Å². The van der Waals surface area contributed by atoms with E-state index >= 15 is 0 Å². The Morgan fingerprint density at radius 3 is 2.50 bits per heavy atom. The summed E-state index contributed by atoms with van der Waals surface area (Å²) in [6.07, 6.45) is 5.19. The monoisotopic (exact) mass is 242 g/mol. The molecule has 1 aromatic heterocycles. The second-order valence-electron chi connectivity index (χ2n) is 5.20. The summed E-state index contributed by atoms with van der Waals surface area (Å²) in [6.45, 7) is 2.11. The lowest BCUT2D eigenvalue weighted by molar-refractivity contribution is 0.466. The zero-order chi connectivity index (χ0) is 12.4. The first-order valence-electron chi connectivity index (χ1n) is 6.64. The maximum Gasteiger partial charge on any atom is 0.182 e. The zero-order valence-corrected chi connectivity index (χ0v) is 10.6. The Bertz CT molecular complexity index is 483. The summed E-state index contributed by atoms with van der Waals surface area (Å²) >= 11 is 0. The summed E-state index contributed by atoms with van der Waals surface area (Å²) in [5.74, 6) is 1.79. The van der Waals surface area contributed by atoms with Crippen LogP contribution in [-0.2, 0) is 0 Å². The molecule has 4 heteroatoms. The van der Waals surface area contributed by atoms with Gasteiger partial charge in [0.15, 0.2) is 5.82 Å². The van der Waals surface area contributed by atoms with Gasteiger partial charge in [0.05, 0.1) is 5.92 Å². The van der Waals surface area contributed by atoms with Gasteiger partial charge in [-0.05, 0) is 31.2 Å². The van der Waals surface area contributed by atoms with Gasteiger partial charge in [-0.3, -0.25) is 0 Å². The van der Waals surface area contributed by atoms with E-state index in [1.54, 1.807) is 0 Å². The van der Waals surface area contributed by atoms with Crippen molar-refractivity contribution in [1.29, 1.82) is 0 Å². The highest BCUT2D eigenvalue weighted by molar-refractivity contribution is 5.29. The largest absolute Gasteiger partial charge is 0.182 e. The predicted octanol–water partition coefficient (Wildman–Crippen LogP) is 2.83. The van der Waals surface area contributed by atoms with E-state index in [4.69, 9.17) is 0 Å². The number of aromatic nitrogens is 4. The Kier molecular flexibility index (Phi) is 3.09. The average Bonchev–Trinajstić information content (AvgIpc) is 3.06. The highest BCUT2D eigenvalue weighted by Crippen LogP contribution is 2.39. The van der Waals surface area contributed by atoms with Gasteiger partial charge in [-0.15, -0.1) is 10.2 Å². The molecule has 0 saturated heterocycles. The second kappa shape index (κ2) is 4.88. The minimum Gasteiger partial charge on any atom is -0.177 e. The maximum atomic E-state index is 4.21. The summed E-state index contributed by atoms with van der Waals surface area (Å²) in [4.78, 5) is 0. The molecule has 1 unspecified atom stereocenters. The second-order valence-corrected chi connectivity index (χ2v) is 5.20. The fourth-order valence-corrected chi connectivity index (χ4v) is 3.00. The average molecular weight is 242 g/mol. The molecule has 94 valence electrons. The van der Waals surface area contributed by atoms with Crippen molar-refractivity contribution in [3.05, 3.63) is 41.2 Å². The van der Waals surface area contributed by atoms with Crippen LogP contribution in [0.3, 0.4) is 0 Å². The zero-order valence-electron chi connectivity index (χ0n) is 10.6. The van der Waals surface area contributed by atoms with E-state index in [1.807, 2.05) is 0 Å². The van der Waals surface area contributed by atoms with Crippen LogP contribution in [0, 0.1) is 12.8 Å². The molecule has 4 nitrogen and oxygen atoms in total. The molecule has 0 spiro atoms. The highest BCUT2D eigenvalue weighted by atomic mass is 15.5. The molecule has 1 N–H and O–H groups in total. The van der Waals surface area contributed by atoms with Crippen molar-refractivity contribution in [3.8, 4) is 0 Å². The van der Waals surface area contributed by atoms with Crippen LogP contribution in [0.4, 0.5) is 0 Å². The molecular weight excluding hydrogens is 224 g/mol. The van der Waals surface area contributed by atoms with Gasteiger partial charge in [-0.2, -0.15) is 5.21 Å². The number of aryl methyl sites for hydroxylation is 1. The Balaban J connectivity index is 1.96. The van der Waals surface area contributed by atoms with Crippen molar-refractivity contribution in [2.24, 2.45) is 5.92 Å². The van der Waals surface area contributed by atoms with Crippen LogP contribution in [0.25, 0.3) is 0 Å². The lowest BCUT2D eigenvalue weighted by Gasteiger charge is -2.20.